The Morgan fingerprint density at radius 3 is 2.35 bits per heavy atom. The van der Waals surface area contributed by atoms with E-state index in [1.807, 2.05) is 0 Å². The molecule has 2 atom stereocenters. The predicted molar refractivity (Wildman–Crippen MR) is 74.5 cm³/mol. The van der Waals surface area contributed by atoms with Gasteiger partial charge in [-0.3, -0.25) is 0 Å². The average molecular weight is 301 g/mol. The fourth-order valence-electron chi connectivity index (χ4n) is 4.21. The van der Waals surface area contributed by atoms with Crippen molar-refractivity contribution in [1.82, 2.24) is 0 Å². The number of rotatable bonds is 3. The molecule has 0 N–H and O–H groups in total. The van der Waals surface area contributed by atoms with E-state index < -0.39 is 0 Å². The lowest BCUT2D eigenvalue weighted by molar-refractivity contribution is -0.112. The van der Waals surface area contributed by atoms with Crippen molar-refractivity contribution >= 4 is 15.9 Å². The summed E-state index contributed by atoms with van der Waals surface area (Å²) < 4.78 is 6.30. The second-order valence-electron chi connectivity index (χ2n) is 6.47. The molecule has 0 radical (unpaired) electrons. The Kier molecular flexibility index (Phi) is 3.82. The maximum atomic E-state index is 6.30. The summed E-state index contributed by atoms with van der Waals surface area (Å²) in [7, 11) is 0. The van der Waals surface area contributed by atoms with Gasteiger partial charge in [0.2, 0.25) is 0 Å². The van der Waals surface area contributed by atoms with Gasteiger partial charge in [0.25, 0.3) is 0 Å². The Labute approximate surface area is 114 Å². The summed E-state index contributed by atoms with van der Waals surface area (Å²) in [5, 5.41) is 0. The first-order chi connectivity index (χ1) is 8.31. The van der Waals surface area contributed by atoms with Crippen LogP contribution in [-0.2, 0) is 4.74 Å². The zero-order valence-electron chi connectivity index (χ0n) is 10.8. The molecule has 0 bridgehead atoms. The van der Waals surface area contributed by atoms with Crippen molar-refractivity contribution in [2.24, 2.45) is 11.3 Å². The Hall–Kier alpha value is 0.440. The summed E-state index contributed by atoms with van der Waals surface area (Å²) in [5.41, 5.74) is 0.536. The Morgan fingerprint density at radius 2 is 1.71 bits per heavy atom. The molecule has 3 fully saturated rings. The lowest BCUT2D eigenvalue weighted by Crippen LogP contribution is -2.54. The topological polar surface area (TPSA) is 9.23 Å². The minimum Gasteiger partial charge on any atom is -0.377 e. The third-order valence-electron chi connectivity index (χ3n) is 5.48. The summed E-state index contributed by atoms with van der Waals surface area (Å²) in [5.74, 6) is 0.872. The van der Waals surface area contributed by atoms with Crippen molar-refractivity contribution in [3.63, 3.8) is 0 Å². The minimum atomic E-state index is 0.536. The maximum Gasteiger partial charge on any atom is 0.0653 e. The van der Waals surface area contributed by atoms with Crippen LogP contribution in [0.4, 0.5) is 0 Å². The molecule has 3 aliphatic carbocycles. The van der Waals surface area contributed by atoms with Crippen LogP contribution in [0.3, 0.4) is 0 Å². The van der Waals surface area contributed by atoms with Gasteiger partial charge in [0.05, 0.1) is 6.10 Å². The van der Waals surface area contributed by atoms with Crippen molar-refractivity contribution in [3.05, 3.63) is 0 Å². The average Bonchev–Trinajstić information content (AvgIpc) is 2.88. The van der Waals surface area contributed by atoms with Gasteiger partial charge in [-0.15, -0.1) is 0 Å². The molecule has 3 aliphatic rings. The molecule has 17 heavy (non-hydrogen) atoms. The van der Waals surface area contributed by atoms with E-state index in [0.29, 0.717) is 11.5 Å². The molecule has 3 saturated carbocycles. The fraction of sp³-hybridized carbons (Fsp3) is 1.00. The van der Waals surface area contributed by atoms with E-state index >= 15 is 0 Å². The molecule has 0 amide bonds. The molecule has 0 aromatic rings. The first kappa shape index (κ1) is 12.5. The number of halogens is 1. The first-order valence-corrected chi connectivity index (χ1v) is 8.48. The van der Waals surface area contributed by atoms with Gasteiger partial charge >= 0.3 is 0 Å². The SMILES string of the molecule is BrC1CC(OCC2CCCCC2)C12CCCC2. The van der Waals surface area contributed by atoms with Crippen molar-refractivity contribution in [2.75, 3.05) is 6.61 Å². The van der Waals surface area contributed by atoms with E-state index in [1.54, 1.807) is 0 Å². The third-order valence-corrected chi connectivity index (χ3v) is 6.76. The maximum absolute atomic E-state index is 6.30. The highest BCUT2D eigenvalue weighted by Gasteiger charge is 2.55. The quantitative estimate of drug-likeness (QED) is 0.688. The van der Waals surface area contributed by atoms with Crippen LogP contribution in [-0.4, -0.2) is 17.5 Å². The smallest absolute Gasteiger partial charge is 0.0653 e. The normalized spacial score (nSPS) is 37.2. The van der Waals surface area contributed by atoms with Gasteiger partial charge in [-0.2, -0.15) is 0 Å². The molecule has 1 spiro atoms. The van der Waals surface area contributed by atoms with Gasteiger partial charge in [-0.05, 0) is 38.0 Å². The molecule has 0 aromatic carbocycles. The number of alkyl halides is 1. The Morgan fingerprint density at radius 1 is 1.00 bits per heavy atom. The van der Waals surface area contributed by atoms with Crippen molar-refractivity contribution in [3.8, 4) is 0 Å². The van der Waals surface area contributed by atoms with Crippen LogP contribution in [0.25, 0.3) is 0 Å². The molecule has 2 unspecified atom stereocenters. The van der Waals surface area contributed by atoms with Gasteiger partial charge in [0.15, 0.2) is 0 Å². The Bertz CT molecular complexity index is 254. The summed E-state index contributed by atoms with van der Waals surface area (Å²) >= 11 is 3.87. The van der Waals surface area contributed by atoms with Crippen LogP contribution in [0, 0.1) is 11.3 Å². The van der Waals surface area contributed by atoms with Crippen LogP contribution >= 0.6 is 15.9 Å². The van der Waals surface area contributed by atoms with Crippen LogP contribution in [0.15, 0.2) is 0 Å². The molecular weight excluding hydrogens is 276 g/mol. The zero-order valence-corrected chi connectivity index (χ0v) is 12.4. The second kappa shape index (κ2) is 5.21. The molecule has 0 saturated heterocycles. The minimum absolute atomic E-state index is 0.536. The van der Waals surface area contributed by atoms with Crippen LogP contribution in [0.1, 0.15) is 64.2 Å². The number of hydrogen-bond donors (Lipinski definition) is 0. The number of hydrogen-bond acceptors (Lipinski definition) is 1. The molecule has 98 valence electrons. The number of ether oxygens (including phenoxy) is 1. The van der Waals surface area contributed by atoms with Gasteiger partial charge in [0, 0.05) is 16.8 Å². The highest BCUT2D eigenvalue weighted by atomic mass is 79.9. The van der Waals surface area contributed by atoms with Crippen molar-refractivity contribution in [2.45, 2.75) is 75.1 Å². The molecule has 3 rings (SSSR count). The van der Waals surface area contributed by atoms with Gasteiger partial charge < -0.3 is 4.74 Å². The Balaban J connectivity index is 1.49. The lowest BCUT2D eigenvalue weighted by atomic mass is 9.64. The third kappa shape index (κ3) is 2.32. The zero-order chi connectivity index (χ0) is 11.7. The lowest BCUT2D eigenvalue weighted by Gasteiger charge is -2.52. The van der Waals surface area contributed by atoms with E-state index in [2.05, 4.69) is 15.9 Å². The summed E-state index contributed by atoms with van der Waals surface area (Å²) in [6.45, 7) is 1.05. The van der Waals surface area contributed by atoms with Crippen molar-refractivity contribution < 1.29 is 4.74 Å². The summed E-state index contributed by atoms with van der Waals surface area (Å²) in [4.78, 5) is 0.744. The molecule has 0 aliphatic heterocycles. The first-order valence-electron chi connectivity index (χ1n) is 7.57. The summed E-state index contributed by atoms with van der Waals surface area (Å²) in [6, 6.07) is 0. The van der Waals surface area contributed by atoms with Gasteiger partial charge in [0.1, 0.15) is 0 Å². The van der Waals surface area contributed by atoms with Crippen LogP contribution in [0.5, 0.6) is 0 Å². The highest BCUT2D eigenvalue weighted by molar-refractivity contribution is 9.09. The van der Waals surface area contributed by atoms with Crippen molar-refractivity contribution in [1.29, 1.82) is 0 Å². The van der Waals surface area contributed by atoms with Gasteiger partial charge in [-0.25, -0.2) is 0 Å². The van der Waals surface area contributed by atoms with E-state index in [0.717, 1.165) is 17.4 Å². The monoisotopic (exact) mass is 300 g/mol. The second-order valence-corrected chi connectivity index (χ2v) is 7.57. The van der Waals surface area contributed by atoms with E-state index in [-0.39, 0.29) is 0 Å². The molecular formula is C15H25BrO. The fourth-order valence-corrected chi connectivity index (χ4v) is 5.30. The predicted octanol–water partition coefficient (Wildman–Crippen LogP) is 4.68. The largest absolute Gasteiger partial charge is 0.377 e. The molecule has 0 heterocycles. The molecule has 0 aromatic heterocycles. The van der Waals surface area contributed by atoms with E-state index in [1.165, 1.54) is 64.2 Å². The summed E-state index contributed by atoms with van der Waals surface area (Å²) in [6.07, 6.45) is 14.6. The molecule has 2 heteroatoms. The van der Waals surface area contributed by atoms with Gasteiger partial charge in [-0.1, -0.05) is 48.0 Å². The standard InChI is InChI=1S/C15H25BrO/c16-13-10-14(15(13)8-4-5-9-15)17-11-12-6-2-1-3-7-12/h12-14H,1-11H2. The molecule has 1 nitrogen and oxygen atoms in total. The highest BCUT2D eigenvalue weighted by Crippen LogP contribution is 2.57. The van der Waals surface area contributed by atoms with E-state index in [4.69, 9.17) is 4.74 Å². The van der Waals surface area contributed by atoms with Crippen LogP contribution < -0.4 is 0 Å². The van der Waals surface area contributed by atoms with E-state index in [9.17, 15) is 0 Å². The van der Waals surface area contributed by atoms with Crippen LogP contribution in [0.2, 0.25) is 0 Å².